The van der Waals surface area contributed by atoms with Gasteiger partial charge in [-0.3, -0.25) is 0 Å². The Hall–Kier alpha value is -1.62. The van der Waals surface area contributed by atoms with Crippen LogP contribution in [0.25, 0.3) is 0 Å². The van der Waals surface area contributed by atoms with Gasteiger partial charge in [-0.05, 0) is 34.5 Å². The molecule has 0 atom stereocenters. The Morgan fingerprint density at radius 3 is 2.67 bits per heavy atom. The van der Waals surface area contributed by atoms with Gasteiger partial charge in [-0.15, -0.1) is 0 Å². The van der Waals surface area contributed by atoms with Gasteiger partial charge >= 0.3 is 0 Å². The minimum atomic E-state index is 0.245. The first-order chi connectivity index (χ1) is 10.1. The highest BCUT2D eigenvalue weighted by molar-refractivity contribution is 9.10. The van der Waals surface area contributed by atoms with Gasteiger partial charge in [-0.2, -0.15) is 4.98 Å². The van der Waals surface area contributed by atoms with Gasteiger partial charge < -0.3 is 10.1 Å². The van der Waals surface area contributed by atoms with Gasteiger partial charge in [-0.1, -0.05) is 32.9 Å². The zero-order valence-corrected chi connectivity index (χ0v) is 14.1. The first kappa shape index (κ1) is 15.8. The molecule has 0 unspecified atom stereocenters. The highest BCUT2D eigenvalue weighted by Gasteiger charge is 2.10. The number of halogens is 1. The Morgan fingerprint density at radius 1 is 1.24 bits per heavy atom. The van der Waals surface area contributed by atoms with Crippen LogP contribution in [0.1, 0.15) is 38.9 Å². The van der Waals surface area contributed by atoms with E-state index >= 15 is 0 Å². The van der Waals surface area contributed by atoms with Crippen LogP contribution in [-0.2, 0) is 0 Å². The normalized spacial score (nSPS) is 10.7. The minimum Gasteiger partial charge on any atom is -0.438 e. The second-order valence-corrected chi connectivity index (χ2v) is 5.92. The van der Waals surface area contributed by atoms with Gasteiger partial charge in [0.15, 0.2) is 0 Å². The van der Waals surface area contributed by atoms with E-state index in [2.05, 4.69) is 52.0 Å². The summed E-state index contributed by atoms with van der Waals surface area (Å²) >= 11 is 3.48. The summed E-state index contributed by atoms with van der Waals surface area (Å²) in [4.78, 5) is 9.00. The van der Waals surface area contributed by atoms with Crippen LogP contribution in [-0.4, -0.2) is 16.5 Å². The van der Waals surface area contributed by atoms with Crippen LogP contribution in [0, 0.1) is 0 Å². The van der Waals surface area contributed by atoms with Crippen molar-refractivity contribution in [1.29, 1.82) is 0 Å². The Morgan fingerprint density at radius 2 is 2.00 bits per heavy atom. The second-order valence-electron chi connectivity index (χ2n) is 5.06. The standard InChI is InChI=1S/C16H20BrN3O/c1-4-9-18-14-10-15(20-16(19-14)11(2)3)21-13-8-6-5-7-12(13)17/h5-8,10-11H,4,9H2,1-3H3,(H,18,19,20). The van der Waals surface area contributed by atoms with E-state index in [0.29, 0.717) is 5.88 Å². The van der Waals surface area contributed by atoms with Crippen molar-refractivity contribution in [2.24, 2.45) is 0 Å². The molecule has 112 valence electrons. The van der Waals surface area contributed by atoms with E-state index in [-0.39, 0.29) is 5.92 Å². The molecule has 0 radical (unpaired) electrons. The van der Waals surface area contributed by atoms with Gasteiger partial charge in [0.1, 0.15) is 17.4 Å². The Bertz CT molecular complexity index is 602. The van der Waals surface area contributed by atoms with Crippen LogP contribution in [0.2, 0.25) is 0 Å². The largest absolute Gasteiger partial charge is 0.438 e. The van der Waals surface area contributed by atoms with Gasteiger partial charge in [0.05, 0.1) is 4.47 Å². The third-order valence-electron chi connectivity index (χ3n) is 2.84. The monoisotopic (exact) mass is 349 g/mol. The summed E-state index contributed by atoms with van der Waals surface area (Å²) in [5.74, 6) is 3.12. The van der Waals surface area contributed by atoms with E-state index in [9.17, 15) is 0 Å². The van der Waals surface area contributed by atoms with Crippen molar-refractivity contribution in [2.45, 2.75) is 33.1 Å². The SMILES string of the molecule is CCCNc1cc(Oc2ccccc2Br)nc(C(C)C)n1. The number of ether oxygens (including phenoxy) is 1. The fourth-order valence-electron chi connectivity index (χ4n) is 1.74. The predicted octanol–water partition coefficient (Wildman–Crippen LogP) is 4.98. The number of para-hydroxylation sites is 1. The maximum Gasteiger partial charge on any atom is 0.224 e. The molecule has 0 fully saturated rings. The second kappa shape index (κ2) is 7.41. The number of anilines is 1. The molecule has 0 aliphatic rings. The summed E-state index contributed by atoms with van der Waals surface area (Å²) in [5, 5.41) is 3.29. The Balaban J connectivity index is 2.29. The molecule has 4 nitrogen and oxygen atoms in total. The summed E-state index contributed by atoms with van der Waals surface area (Å²) in [5.41, 5.74) is 0. The summed E-state index contributed by atoms with van der Waals surface area (Å²) < 4.78 is 6.78. The molecular formula is C16H20BrN3O. The van der Waals surface area contributed by atoms with E-state index in [1.807, 2.05) is 30.3 Å². The van der Waals surface area contributed by atoms with Crippen molar-refractivity contribution in [3.05, 3.63) is 40.6 Å². The minimum absolute atomic E-state index is 0.245. The lowest BCUT2D eigenvalue weighted by atomic mass is 10.2. The number of aromatic nitrogens is 2. The molecule has 2 aromatic rings. The van der Waals surface area contributed by atoms with Crippen molar-refractivity contribution in [2.75, 3.05) is 11.9 Å². The highest BCUT2D eigenvalue weighted by Crippen LogP contribution is 2.29. The number of nitrogens with one attached hydrogen (secondary N) is 1. The fourth-order valence-corrected chi connectivity index (χ4v) is 2.10. The number of hydrogen-bond donors (Lipinski definition) is 1. The topological polar surface area (TPSA) is 47.0 Å². The molecular weight excluding hydrogens is 330 g/mol. The van der Waals surface area contributed by atoms with Crippen molar-refractivity contribution >= 4 is 21.7 Å². The Labute approximate surface area is 134 Å². The number of rotatable bonds is 6. The predicted molar refractivity (Wildman–Crippen MR) is 89.1 cm³/mol. The highest BCUT2D eigenvalue weighted by atomic mass is 79.9. The average Bonchev–Trinajstić information content (AvgIpc) is 2.47. The maximum atomic E-state index is 5.88. The van der Waals surface area contributed by atoms with Crippen LogP contribution in [0.5, 0.6) is 11.6 Å². The van der Waals surface area contributed by atoms with E-state index in [1.165, 1.54) is 0 Å². The summed E-state index contributed by atoms with van der Waals surface area (Å²) in [7, 11) is 0. The molecule has 1 heterocycles. The van der Waals surface area contributed by atoms with Gasteiger partial charge in [0.2, 0.25) is 5.88 Å². The first-order valence-electron chi connectivity index (χ1n) is 7.15. The van der Waals surface area contributed by atoms with Gasteiger partial charge in [-0.25, -0.2) is 4.98 Å². The van der Waals surface area contributed by atoms with Gasteiger partial charge in [0, 0.05) is 18.5 Å². The Kier molecular flexibility index (Phi) is 5.56. The maximum absolute atomic E-state index is 5.88. The molecule has 0 spiro atoms. The van der Waals surface area contributed by atoms with E-state index in [0.717, 1.165) is 34.8 Å². The molecule has 21 heavy (non-hydrogen) atoms. The number of benzene rings is 1. The quantitative estimate of drug-likeness (QED) is 0.798. The molecule has 0 amide bonds. The average molecular weight is 350 g/mol. The van der Waals surface area contributed by atoms with Crippen molar-refractivity contribution in [3.63, 3.8) is 0 Å². The van der Waals surface area contributed by atoms with E-state index in [4.69, 9.17) is 4.74 Å². The molecule has 1 N–H and O–H groups in total. The summed E-state index contributed by atoms with van der Waals surface area (Å²) in [6.07, 6.45) is 1.04. The lowest BCUT2D eigenvalue weighted by Crippen LogP contribution is -2.07. The zero-order valence-electron chi connectivity index (χ0n) is 12.6. The van der Waals surface area contributed by atoms with Crippen LogP contribution < -0.4 is 10.1 Å². The van der Waals surface area contributed by atoms with Crippen LogP contribution >= 0.6 is 15.9 Å². The molecule has 0 saturated carbocycles. The molecule has 5 heteroatoms. The van der Waals surface area contributed by atoms with Crippen LogP contribution in [0.15, 0.2) is 34.8 Å². The molecule has 0 aliphatic carbocycles. The molecule has 2 rings (SSSR count). The number of hydrogen-bond acceptors (Lipinski definition) is 4. The van der Waals surface area contributed by atoms with Crippen molar-refractivity contribution in [3.8, 4) is 11.6 Å². The molecule has 1 aromatic carbocycles. The summed E-state index contributed by atoms with van der Waals surface area (Å²) in [6, 6.07) is 9.56. The molecule has 0 saturated heterocycles. The van der Waals surface area contributed by atoms with Crippen molar-refractivity contribution < 1.29 is 4.74 Å². The van der Waals surface area contributed by atoms with Crippen LogP contribution in [0.3, 0.4) is 0 Å². The molecule has 0 bridgehead atoms. The van der Waals surface area contributed by atoms with Crippen molar-refractivity contribution in [1.82, 2.24) is 9.97 Å². The van der Waals surface area contributed by atoms with E-state index in [1.54, 1.807) is 0 Å². The third-order valence-corrected chi connectivity index (χ3v) is 3.50. The lowest BCUT2D eigenvalue weighted by molar-refractivity contribution is 0.454. The van der Waals surface area contributed by atoms with Crippen LogP contribution in [0.4, 0.5) is 5.82 Å². The zero-order chi connectivity index (χ0) is 15.2. The lowest BCUT2D eigenvalue weighted by Gasteiger charge is -2.12. The molecule has 1 aromatic heterocycles. The van der Waals surface area contributed by atoms with Gasteiger partial charge in [0.25, 0.3) is 0 Å². The van der Waals surface area contributed by atoms with E-state index < -0.39 is 0 Å². The third kappa shape index (κ3) is 4.43. The molecule has 0 aliphatic heterocycles. The first-order valence-corrected chi connectivity index (χ1v) is 7.94. The fraction of sp³-hybridized carbons (Fsp3) is 0.375. The smallest absolute Gasteiger partial charge is 0.224 e. The summed E-state index contributed by atoms with van der Waals surface area (Å²) in [6.45, 7) is 7.14. The number of nitrogens with zero attached hydrogens (tertiary/aromatic N) is 2.